The van der Waals surface area contributed by atoms with E-state index in [-0.39, 0.29) is 5.75 Å². The lowest BCUT2D eigenvalue weighted by molar-refractivity contribution is 0.0601. The predicted octanol–water partition coefficient (Wildman–Crippen LogP) is 2.85. The molecule has 4 heteroatoms. The van der Waals surface area contributed by atoms with Gasteiger partial charge < -0.3 is 14.6 Å². The first kappa shape index (κ1) is 13.0. The van der Waals surface area contributed by atoms with Crippen LogP contribution in [0.15, 0.2) is 42.5 Å². The minimum atomic E-state index is -0.503. The van der Waals surface area contributed by atoms with E-state index < -0.39 is 5.97 Å². The number of hydrogen-bond acceptors (Lipinski definition) is 4. The number of para-hydroxylation sites is 1. The molecule has 4 nitrogen and oxygen atoms in total. The molecule has 0 bridgehead atoms. The molecule has 0 radical (unpaired) electrons. The Morgan fingerprint density at radius 2 is 1.79 bits per heavy atom. The maximum Gasteiger partial charge on any atom is 0.338 e. The van der Waals surface area contributed by atoms with Crippen LogP contribution in [0.4, 0.5) is 0 Å². The van der Waals surface area contributed by atoms with Gasteiger partial charge >= 0.3 is 5.97 Å². The molecule has 0 aliphatic heterocycles. The minimum absolute atomic E-state index is 0.0130. The van der Waals surface area contributed by atoms with Gasteiger partial charge in [0.05, 0.1) is 19.8 Å². The van der Waals surface area contributed by atoms with Crippen LogP contribution in [0.3, 0.4) is 0 Å². The highest BCUT2D eigenvalue weighted by Crippen LogP contribution is 2.33. The van der Waals surface area contributed by atoms with E-state index in [1.54, 1.807) is 13.2 Å². The van der Waals surface area contributed by atoms with Crippen molar-refractivity contribution < 1.29 is 19.4 Å². The summed E-state index contributed by atoms with van der Waals surface area (Å²) in [7, 11) is 2.87. The first-order chi connectivity index (χ1) is 9.17. The molecule has 0 aliphatic carbocycles. The molecule has 2 rings (SSSR count). The van der Waals surface area contributed by atoms with Crippen molar-refractivity contribution in [1.82, 2.24) is 0 Å². The van der Waals surface area contributed by atoms with Crippen molar-refractivity contribution in [2.45, 2.75) is 0 Å². The number of phenols is 1. The second-order valence-electron chi connectivity index (χ2n) is 3.92. The third-order valence-electron chi connectivity index (χ3n) is 2.81. The number of benzene rings is 2. The number of esters is 1. The molecule has 0 amide bonds. The minimum Gasteiger partial charge on any atom is -0.508 e. The van der Waals surface area contributed by atoms with Crippen molar-refractivity contribution in [2.24, 2.45) is 0 Å². The van der Waals surface area contributed by atoms with Gasteiger partial charge in [0.1, 0.15) is 11.5 Å². The molecule has 0 fully saturated rings. The number of carbonyl (C=O) groups is 1. The maximum atomic E-state index is 11.8. The number of aromatic hydroxyl groups is 1. The van der Waals surface area contributed by atoms with Crippen LogP contribution < -0.4 is 4.74 Å². The Hall–Kier alpha value is -2.49. The van der Waals surface area contributed by atoms with Gasteiger partial charge in [0.25, 0.3) is 0 Å². The first-order valence-corrected chi connectivity index (χ1v) is 5.72. The highest BCUT2D eigenvalue weighted by atomic mass is 16.5. The fraction of sp³-hybridized carbons (Fsp3) is 0.133. The molecule has 1 N–H and O–H groups in total. The van der Waals surface area contributed by atoms with E-state index in [2.05, 4.69) is 0 Å². The van der Waals surface area contributed by atoms with Gasteiger partial charge in [-0.2, -0.15) is 0 Å². The summed E-state index contributed by atoms with van der Waals surface area (Å²) in [4.78, 5) is 11.8. The Morgan fingerprint density at radius 1 is 1.05 bits per heavy atom. The lowest BCUT2D eigenvalue weighted by Gasteiger charge is -2.12. The fourth-order valence-corrected chi connectivity index (χ4v) is 1.91. The van der Waals surface area contributed by atoms with Crippen LogP contribution in [0, 0.1) is 0 Å². The summed E-state index contributed by atoms with van der Waals surface area (Å²) in [5.41, 5.74) is 1.72. The second-order valence-corrected chi connectivity index (χ2v) is 3.92. The predicted molar refractivity (Wildman–Crippen MR) is 71.4 cm³/mol. The molecule has 0 unspecified atom stereocenters. The number of methoxy groups -OCH3 is 2. The van der Waals surface area contributed by atoms with E-state index in [4.69, 9.17) is 9.47 Å². The molecular weight excluding hydrogens is 244 g/mol. The number of rotatable bonds is 3. The van der Waals surface area contributed by atoms with Crippen LogP contribution in [0.2, 0.25) is 0 Å². The molecule has 0 atom stereocenters. The smallest absolute Gasteiger partial charge is 0.338 e. The zero-order valence-corrected chi connectivity index (χ0v) is 10.7. The highest BCUT2D eigenvalue weighted by Gasteiger charge is 2.16. The summed E-state index contributed by atoms with van der Waals surface area (Å²) >= 11 is 0. The van der Waals surface area contributed by atoms with Crippen LogP contribution in [0.25, 0.3) is 11.1 Å². The third kappa shape index (κ3) is 2.52. The number of carbonyl (C=O) groups excluding carboxylic acids is 1. The molecular formula is C15H14O4. The van der Waals surface area contributed by atoms with Gasteiger partial charge in [-0.15, -0.1) is 0 Å². The average molecular weight is 258 g/mol. The molecule has 0 aromatic heterocycles. The monoisotopic (exact) mass is 258 g/mol. The van der Waals surface area contributed by atoms with E-state index in [9.17, 15) is 9.90 Å². The normalized spacial score (nSPS) is 10.0. The van der Waals surface area contributed by atoms with Crippen molar-refractivity contribution in [2.75, 3.05) is 14.2 Å². The molecule has 0 saturated heterocycles. The van der Waals surface area contributed by atoms with E-state index in [0.29, 0.717) is 16.9 Å². The first-order valence-electron chi connectivity index (χ1n) is 5.72. The SMILES string of the molecule is COC(=O)c1cc(O)ccc1-c1ccccc1OC. The topological polar surface area (TPSA) is 55.8 Å². The fourth-order valence-electron chi connectivity index (χ4n) is 1.91. The largest absolute Gasteiger partial charge is 0.508 e. The van der Waals surface area contributed by atoms with Crippen LogP contribution in [0.5, 0.6) is 11.5 Å². The molecule has 0 saturated carbocycles. The zero-order valence-electron chi connectivity index (χ0n) is 10.7. The van der Waals surface area contributed by atoms with Gasteiger partial charge in [0.2, 0.25) is 0 Å². The van der Waals surface area contributed by atoms with Crippen molar-refractivity contribution in [3.8, 4) is 22.6 Å². The van der Waals surface area contributed by atoms with Gasteiger partial charge in [-0.1, -0.05) is 18.2 Å². The van der Waals surface area contributed by atoms with Gasteiger partial charge in [-0.25, -0.2) is 4.79 Å². The molecule has 2 aromatic rings. The molecule has 2 aromatic carbocycles. The average Bonchev–Trinajstić information content (AvgIpc) is 2.46. The quantitative estimate of drug-likeness (QED) is 0.860. The maximum absolute atomic E-state index is 11.8. The Balaban J connectivity index is 2.65. The van der Waals surface area contributed by atoms with Crippen molar-refractivity contribution in [3.05, 3.63) is 48.0 Å². The van der Waals surface area contributed by atoms with E-state index in [0.717, 1.165) is 5.56 Å². The summed E-state index contributed by atoms with van der Waals surface area (Å²) in [6.07, 6.45) is 0. The van der Waals surface area contributed by atoms with Crippen LogP contribution in [0.1, 0.15) is 10.4 Å². The lowest BCUT2D eigenvalue weighted by atomic mass is 9.98. The number of ether oxygens (including phenoxy) is 2. The van der Waals surface area contributed by atoms with E-state index >= 15 is 0 Å². The Morgan fingerprint density at radius 3 is 2.47 bits per heavy atom. The number of phenolic OH excluding ortho intramolecular Hbond substituents is 1. The Kier molecular flexibility index (Phi) is 3.71. The molecule has 0 aliphatic rings. The van der Waals surface area contributed by atoms with Crippen molar-refractivity contribution in [1.29, 1.82) is 0 Å². The molecule has 19 heavy (non-hydrogen) atoms. The summed E-state index contributed by atoms with van der Waals surface area (Å²) in [6, 6.07) is 11.9. The van der Waals surface area contributed by atoms with Crippen molar-refractivity contribution in [3.63, 3.8) is 0 Å². The molecule has 0 heterocycles. The van der Waals surface area contributed by atoms with E-state index in [1.165, 1.54) is 19.2 Å². The van der Waals surface area contributed by atoms with E-state index in [1.807, 2.05) is 24.3 Å². The van der Waals surface area contributed by atoms with Crippen LogP contribution >= 0.6 is 0 Å². The Bertz CT molecular complexity index is 605. The van der Waals surface area contributed by atoms with Gasteiger partial charge in [0, 0.05) is 11.1 Å². The number of hydrogen-bond donors (Lipinski definition) is 1. The zero-order chi connectivity index (χ0) is 13.8. The molecule has 98 valence electrons. The van der Waals surface area contributed by atoms with Gasteiger partial charge in [-0.3, -0.25) is 0 Å². The summed E-state index contributed by atoms with van der Waals surface area (Å²) in [6.45, 7) is 0. The van der Waals surface area contributed by atoms with Crippen molar-refractivity contribution >= 4 is 5.97 Å². The van der Waals surface area contributed by atoms with Crippen LogP contribution in [-0.4, -0.2) is 25.3 Å². The third-order valence-corrected chi connectivity index (χ3v) is 2.81. The summed E-state index contributed by atoms with van der Waals surface area (Å²) < 4.78 is 10.0. The second kappa shape index (κ2) is 5.44. The standard InChI is InChI=1S/C15H14O4/c1-18-14-6-4-3-5-12(14)11-8-7-10(16)9-13(11)15(17)19-2/h3-9,16H,1-2H3. The molecule has 0 spiro atoms. The highest BCUT2D eigenvalue weighted by molar-refractivity contribution is 5.98. The summed E-state index contributed by atoms with van der Waals surface area (Å²) in [5.74, 6) is 0.161. The lowest BCUT2D eigenvalue weighted by Crippen LogP contribution is -2.04. The summed E-state index contributed by atoms with van der Waals surface area (Å²) in [5, 5.41) is 9.52. The van der Waals surface area contributed by atoms with Gasteiger partial charge in [-0.05, 0) is 24.3 Å². The van der Waals surface area contributed by atoms with Crippen LogP contribution in [-0.2, 0) is 4.74 Å². The Labute approximate surface area is 111 Å². The van der Waals surface area contributed by atoms with Gasteiger partial charge in [0.15, 0.2) is 0 Å².